The Morgan fingerprint density at radius 2 is 1.76 bits per heavy atom. The first kappa shape index (κ1) is 18.9. The summed E-state index contributed by atoms with van der Waals surface area (Å²) in [5, 5.41) is 1.53. The Balaban J connectivity index is 1.73. The van der Waals surface area contributed by atoms with Crippen LogP contribution < -0.4 is 9.46 Å². The standard InChI is InChI=1S/C22H19N3O3S/c1-15-20(13-23-14-24-15)19-11-10-17(12-21(19)28-2)25-29(26,27)22-9-5-7-16-6-3-4-8-18(16)22/h3-14,25H,1-2H3. The molecular formula is C22H19N3O3S. The van der Waals surface area contributed by atoms with E-state index in [1.54, 1.807) is 49.7 Å². The summed E-state index contributed by atoms with van der Waals surface area (Å²) in [7, 11) is -2.24. The van der Waals surface area contributed by atoms with Gasteiger partial charge in [-0.25, -0.2) is 18.4 Å². The Hall–Kier alpha value is -3.45. The molecule has 0 spiro atoms. The van der Waals surface area contributed by atoms with Gasteiger partial charge in [-0.15, -0.1) is 0 Å². The Morgan fingerprint density at radius 1 is 0.966 bits per heavy atom. The normalized spacial score (nSPS) is 11.4. The summed E-state index contributed by atoms with van der Waals surface area (Å²) in [5.74, 6) is 0.529. The number of hydrogen-bond acceptors (Lipinski definition) is 5. The van der Waals surface area contributed by atoms with Crippen molar-refractivity contribution in [3.05, 3.63) is 78.9 Å². The summed E-state index contributed by atoms with van der Waals surface area (Å²) >= 11 is 0. The average Bonchev–Trinajstić information content (AvgIpc) is 2.73. The fourth-order valence-electron chi connectivity index (χ4n) is 3.27. The van der Waals surface area contributed by atoms with Gasteiger partial charge in [0.2, 0.25) is 0 Å². The van der Waals surface area contributed by atoms with E-state index in [2.05, 4.69) is 14.7 Å². The van der Waals surface area contributed by atoms with E-state index in [0.717, 1.165) is 22.2 Å². The molecule has 0 unspecified atom stereocenters. The predicted octanol–water partition coefficient (Wildman–Crippen LogP) is 4.41. The fourth-order valence-corrected chi connectivity index (χ4v) is 4.55. The van der Waals surface area contributed by atoms with Crippen LogP contribution in [0.5, 0.6) is 5.75 Å². The van der Waals surface area contributed by atoms with Crippen LogP contribution in [0.15, 0.2) is 78.1 Å². The second-order valence-electron chi connectivity index (χ2n) is 6.52. The molecule has 7 heteroatoms. The fraction of sp³-hybridized carbons (Fsp3) is 0.0909. The summed E-state index contributed by atoms with van der Waals surface area (Å²) < 4.78 is 34.3. The number of nitrogens with zero attached hydrogens (tertiary/aromatic N) is 2. The Morgan fingerprint density at radius 3 is 2.55 bits per heavy atom. The van der Waals surface area contributed by atoms with Crippen molar-refractivity contribution >= 4 is 26.5 Å². The molecule has 6 nitrogen and oxygen atoms in total. The zero-order valence-electron chi connectivity index (χ0n) is 16.0. The van der Waals surface area contributed by atoms with Crippen molar-refractivity contribution in [1.29, 1.82) is 0 Å². The van der Waals surface area contributed by atoms with Crippen LogP contribution in [-0.2, 0) is 10.0 Å². The lowest BCUT2D eigenvalue weighted by Gasteiger charge is -2.14. The maximum Gasteiger partial charge on any atom is 0.262 e. The summed E-state index contributed by atoms with van der Waals surface area (Å²) in [6.07, 6.45) is 3.19. The van der Waals surface area contributed by atoms with Crippen molar-refractivity contribution < 1.29 is 13.2 Å². The van der Waals surface area contributed by atoms with Crippen molar-refractivity contribution in [2.24, 2.45) is 0 Å². The van der Waals surface area contributed by atoms with Gasteiger partial charge in [-0.3, -0.25) is 4.72 Å². The quantitative estimate of drug-likeness (QED) is 0.532. The number of methoxy groups -OCH3 is 1. The number of benzene rings is 3. The largest absolute Gasteiger partial charge is 0.496 e. The Bertz CT molecular complexity index is 1300. The van der Waals surface area contributed by atoms with Crippen molar-refractivity contribution in [2.75, 3.05) is 11.8 Å². The number of nitrogens with one attached hydrogen (secondary N) is 1. The molecule has 1 aromatic heterocycles. The molecule has 4 aromatic rings. The van der Waals surface area contributed by atoms with Gasteiger partial charge >= 0.3 is 0 Å². The first-order valence-electron chi connectivity index (χ1n) is 8.95. The molecule has 0 aliphatic carbocycles. The van der Waals surface area contributed by atoms with Crippen molar-refractivity contribution in [3.8, 4) is 16.9 Å². The van der Waals surface area contributed by atoms with E-state index in [-0.39, 0.29) is 4.90 Å². The minimum atomic E-state index is -3.78. The summed E-state index contributed by atoms with van der Waals surface area (Å²) in [5.41, 5.74) is 2.84. The zero-order chi connectivity index (χ0) is 20.4. The van der Waals surface area contributed by atoms with E-state index < -0.39 is 10.0 Å². The average molecular weight is 405 g/mol. The molecule has 1 heterocycles. The lowest BCUT2D eigenvalue weighted by Crippen LogP contribution is -2.13. The smallest absolute Gasteiger partial charge is 0.262 e. The van der Waals surface area contributed by atoms with Crippen molar-refractivity contribution in [1.82, 2.24) is 9.97 Å². The molecular weight excluding hydrogens is 386 g/mol. The van der Waals surface area contributed by atoms with E-state index in [1.807, 2.05) is 31.2 Å². The topological polar surface area (TPSA) is 81.2 Å². The Labute approximate surface area is 169 Å². The first-order valence-corrected chi connectivity index (χ1v) is 10.4. The third kappa shape index (κ3) is 3.64. The number of hydrogen-bond donors (Lipinski definition) is 1. The highest BCUT2D eigenvalue weighted by Crippen LogP contribution is 2.34. The number of aryl methyl sites for hydroxylation is 1. The third-order valence-corrected chi connectivity index (χ3v) is 6.13. The van der Waals surface area contributed by atoms with Gasteiger partial charge in [-0.2, -0.15) is 0 Å². The zero-order valence-corrected chi connectivity index (χ0v) is 16.8. The van der Waals surface area contributed by atoms with Crippen LogP contribution in [0.4, 0.5) is 5.69 Å². The van der Waals surface area contributed by atoms with Gasteiger partial charge in [0.25, 0.3) is 10.0 Å². The minimum absolute atomic E-state index is 0.228. The molecule has 1 N–H and O–H groups in total. The van der Waals surface area contributed by atoms with Crippen LogP contribution in [0.1, 0.15) is 5.69 Å². The highest BCUT2D eigenvalue weighted by atomic mass is 32.2. The number of ether oxygens (including phenoxy) is 1. The molecule has 0 saturated carbocycles. The second kappa shape index (κ2) is 7.52. The Kier molecular flexibility index (Phi) is 4.90. The minimum Gasteiger partial charge on any atom is -0.496 e. The molecule has 3 aromatic carbocycles. The van der Waals surface area contributed by atoms with Gasteiger partial charge in [0.1, 0.15) is 12.1 Å². The summed E-state index contributed by atoms with van der Waals surface area (Å²) in [6, 6.07) is 17.8. The second-order valence-corrected chi connectivity index (χ2v) is 8.17. The lowest BCUT2D eigenvalue weighted by atomic mass is 10.0. The molecule has 4 rings (SSSR count). The molecule has 0 bridgehead atoms. The number of anilines is 1. The number of aromatic nitrogens is 2. The number of rotatable bonds is 5. The van der Waals surface area contributed by atoms with Gasteiger partial charge in [-0.1, -0.05) is 36.4 Å². The molecule has 0 amide bonds. The van der Waals surface area contributed by atoms with E-state index >= 15 is 0 Å². The first-order chi connectivity index (χ1) is 14.0. The van der Waals surface area contributed by atoms with Gasteiger partial charge in [0, 0.05) is 34.5 Å². The molecule has 0 radical (unpaired) electrons. The maximum atomic E-state index is 13.1. The van der Waals surface area contributed by atoms with E-state index in [1.165, 1.54) is 6.33 Å². The van der Waals surface area contributed by atoms with Crippen LogP contribution in [0, 0.1) is 6.92 Å². The van der Waals surface area contributed by atoms with Gasteiger partial charge in [0.15, 0.2) is 0 Å². The molecule has 0 fully saturated rings. The van der Waals surface area contributed by atoms with Crippen molar-refractivity contribution in [2.45, 2.75) is 11.8 Å². The highest BCUT2D eigenvalue weighted by molar-refractivity contribution is 7.93. The van der Waals surface area contributed by atoms with Gasteiger partial charge < -0.3 is 4.74 Å². The van der Waals surface area contributed by atoms with Gasteiger partial charge in [-0.05, 0) is 30.5 Å². The van der Waals surface area contributed by atoms with Crippen molar-refractivity contribution in [3.63, 3.8) is 0 Å². The lowest BCUT2D eigenvalue weighted by molar-refractivity contribution is 0.416. The highest BCUT2D eigenvalue weighted by Gasteiger charge is 2.18. The summed E-state index contributed by atoms with van der Waals surface area (Å²) in [4.78, 5) is 8.50. The van der Waals surface area contributed by atoms with E-state index in [4.69, 9.17) is 4.74 Å². The predicted molar refractivity (Wildman–Crippen MR) is 114 cm³/mol. The van der Waals surface area contributed by atoms with E-state index in [9.17, 15) is 8.42 Å². The van der Waals surface area contributed by atoms with E-state index in [0.29, 0.717) is 16.8 Å². The molecule has 0 aliphatic heterocycles. The van der Waals surface area contributed by atoms with Crippen LogP contribution in [0.2, 0.25) is 0 Å². The molecule has 0 atom stereocenters. The summed E-state index contributed by atoms with van der Waals surface area (Å²) in [6.45, 7) is 1.88. The number of fused-ring (bicyclic) bond motifs is 1. The number of sulfonamides is 1. The third-order valence-electron chi connectivity index (χ3n) is 4.69. The van der Waals surface area contributed by atoms with Gasteiger partial charge in [0.05, 0.1) is 17.7 Å². The molecule has 146 valence electrons. The SMILES string of the molecule is COc1cc(NS(=O)(=O)c2cccc3ccccc23)ccc1-c1cncnc1C. The molecule has 0 saturated heterocycles. The molecule has 0 aliphatic rings. The van der Waals surface area contributed by atoms with Crippen LogP contribution in [-0.4, -0.2) is 25.5 Å². The maximum absolute atomic E-state index is 13.1. The van der Waals surface area contributed by atoms with Crippen LogP contribution in [0.3, 0.4) is 0 Å². The van der Waals surface area contributed by atoms with Crippen LogP contribution >= 0.6 is 0 Å². The molecule has 29 heavy (non-hydrogen) atoms. The van der Waals surface area contributed by atoms with Crippen LogP contribution in [0.25, 0.3) is 21.9 Å². The monoisotopic (exact) mass is 405 g/mol.